The van der Waals surface area contributed by atoms with Gasteiger partial charge >= 0.3 is 12.1 Å². The molecule has 0 atom stereocenters. The van der Waals surface area contributed by atoms with E-state index in [1.54, 1.807) is 47.6 Å². The second kappa shape index (κ2) is 7.98. The smallest absolute Gasteiger partial charge is 0.415 e. The van der Waals surface area contributed by atoms with Gasteiger partial charge < -0.3 is 15.2 Å². The second-order valence-electron chi connectivity index (χ2n) is 8.59. The molecule has 0 heterocycles. The number of esters is 1. The summed E-state index contributed by atoms with van der Waals surface area (Å²) in [4.78, 5) is 26.3. The number of anilines is 2. The number of amides is 1. The van der Waals surface area contributed by atoms with Gasteiger partial charge in [0.25, 0.3) is 0 Å². The molecule has 1 rings (SSSR count). The zero-order valence-corrected chi connectivity index (χ0v) is 17.2. The Kier molecular flexibility index (Phi) is 6.69. The number of hydrogen-bond acceptors (Lipinski definition) is 5. The third-order valence-corrected chi connectivity index (χ3v) is 3.35. The Morgan fingerprint density at radius 2 is 1.58 bits per heavy atom. The highest BCUT2D eigenvalue weighted by molar-refractivity contribution is 5.97. The van der Waals surface area contributed by atoms with Gasteiger partial charge in [0.1, 0.15) is 17.7 Å². The summed E-state index contributed by atoms with van der Waals surface area (Å²) >= 11 is 0. The van der Waals surface area contributed by atoms with Crippen LogP contribution in [-0.4, -0.2) is 29.8 Å². The molecular weight excluding hydrogens is 332 g/mol. The molecule has 26 heavy (non-hydrogen) atoms. The van der Waals surface area contributed by atoms with Crippen molar-refractivity contribution in [3.8, 4) is 0 Å². The zero-order chi connectivity index (χ0) is 20.3. The van der Waals surface area contributed by atoms with Crippen molar-refractivity contribution in [3.63, 3.8) is 0 Å². The molecule has 0 bridgehead atoms. The van der Waals surface area contributed by atoms with E-state index in [1.165, 1.54) is 4.90 Å². The molecule has 0 radical (unpaired) electrons. The molecule has 6 nitrogen and oxygen atoms in total. The van der Waals surface area contributed by atoms with Crippen LogP contribution in [0.5, 0.6) is 0 Å². The van der Waals surface area contributed by atoms with E-state index < -0.39 is 23.3 Å². The predicted octanol–water partition coefficient (Wildman–Crippen LogP) is 4.48. The summed E-state index contributed by atoms with van der Waals surface area (Å²) in [5.41, 5.74) is 6.74. The van der Waals surface area contributed by atoms with E-state index in [9.17, 15) is 9.59 Å². The Hall–Kier alpha value is -2.24. The molecule has 1 amide bonds. The molecular formula is C20H32N2O4. The van der Waals surface area contributed by atoms with Crippen LogP contribution in [0.4, 0.5) is 16.2 Å². The van der Waals surface area contributed by atoms with Crippen molar-refractivity contribution in [3.05, 3.63) is 23.8 Å². The molecule has 2 N–H and O–H groups in total. The minimum absolute atomic E-state index is 0.178. The van der Waals surface area contributed by atoms with Crippen molar-refractivity contribution < 1.29 is 19.1 Å². The molecule has 0 aliphatic heterocycles. The maximum absolute atomic E-state index is 12.7. The van der Waals surface area contributed by atoms with Gasteiger partial charge in [0.05, 0.1) is 11.4 Å². The molecule has 1 aromatic carbocycles. The van der Waals surface area contributed by atoms with Crippen LogP contribution in [0, 0.1) is 0 Å². The van der Waals surface area contributed by atoms with Crippen LogP contribution < -0.4 is 10.6 Å². The lowest BCUT2D eigenvalue weighted by atomic mass is 10.00. The van der Waals surface area contributed by atoms with Gasteiger partial charge in [-0.3, -0.25) is 9.69 Å². The third-order valence-electron chi connectivity index (χ3n) is 3.35. The molecule has 0 aliphatic rings. The predicted molar refractivity (Wildman–Crippen MR) is 104 cm³/mol. The number of carbonyl (C=O) groups is 2. The summed E-state index contributed by atoms with van der Waals surface area (Å²) in [6, 6.07) is 5.42. The average Bonchev–Trinajstić information content (AvgIpc) is 2.41. The first kappa shape index (κ1) is 21.8. The fraction of sp³-hybridized carbons (Fsp3) is 0.600. The van der Waals surface area contributed by atoms with E-state index in [1.807, 2.05) is 26.0 Å². The van der Waals surface area contributed by atoms with E-state index >= 15 is 0 Å². The van der Waals surface area contributed by atoms with Crippen LogP contribution in [0.15, 0.2) is 18.2 Å². The van der Waals surface area contributed by atoms with Crippen molar-refractivity contribution in [2.24, 2.45) is 0 Å². The highest BCUT2D eigenvalue weighted by atomic mass is 16.6. The lowest BCUT2D eigenvalue weighted by Gasteiger charge is -2.29. The Balaban J connectivity index is 3.26. The summed E-state index contributed by atoms with van der Waals surface area (Å²) in [7, 11) is 0. The quantitative estimate of drug-likeness (QED) is 0.629. The van der Waals surface area contributed by atoms with Crippen LogP contribution in [0.25, 0.3) is 0 Å². The second-order valence-corrected chi connectivity index (χ2v) is 8.59. The fourth-order valence-corrected chi connectivity index (χ4v) is 2.38. The standard InChI is InChI=1S/C20H32N2O4/c1-13(2)14-10-9-11-15(17(14)21)22(18(24)26-20(6,7)8)12-16(23)25-19(3,4)5/h9-11,13H,12,21H2,1-8H3. The van der Waals surface area contributed by atoms with E-state index in [2.05, 4.69) is 0 Å². The molecule has 0 saturated carbocycles. The molecule has 1 aromatic rings. The number of para-hydroxylation sites is 1. The summed E-state index contributed by atoms with van der Waals surface area (Å²) < 4.78 is 10.8. The van der Waals surface area contributed by atoms with Crippen LogP contribution in [0.2, 0.25) is 0 Å². The topological polar surface area (TPSA) is 81.9 Å². The highest BCUT2D eigenvalue weighted by Gasteiger charge is 2.29. The SMILES string of the molecule is CC(C)c1cccc(N(CC(=O)OC(C)(C)C)C(=O)OC(C)(C)C)c1N. The molecule has 0 saturated heterocycles. The third kappa shape index (κ3) is 6.58. The van der Waals surface area contributed by atoms with Gasteiger partial charge in [-0.2, -0.15) is 0 Å². The van der Waals surface area contributed by atoms with Crippen molar-refractivity contribution in [1.82, 2.24) is 0 Å². The first-order valence-electron chi connectivity index (χ1n) is 8.82. The normalized spacial score (nSPS) is 12.0. The fourth-order valence-electron chi connectivity index (χ4n) is 2.38. The number of nitrogen functional groups attached to an aromatic ring is 1. The first-order valence-corrected chi connectivity index (χ1v) is 8.82. The van der Waals surface area contributed by atoms with Gasteiger partial charge in [0, 0.05) is 0 Å². The molecule has 146 valence electrons. The maximum atomic E-state index is 12.7. The van der Waals surface area contributed by atoms with Crippen LogP contribution in [-0.2, 0) is 14.3 Å². The van der Waals surface area contributed by atoms with Crippen molar-refractivity contribution in [2.75, 3.05) is 17.2 Å². The summed E-state index contributed by atoms with van der Waals surface area (Å²) in [6.45, 7) is 14.4. The van der Waals surface area contributed by atoms with Crippen LogP contribution in [0.1, 0.15) is 66.9 Å². The number of nitrogens with zero attached hydrogens (tertiary/aromatic N) is 1. The van der Waals surface area contributed by atoms with E-state index in [0.29, 0.717) is 11.4 Å². The summed E-state index contributed by atoms with van der Waals surface area (Å²) in [5.74, 6) is -0.352. The first-order chi connectivity index (χ1) is 11.7. The number of ether oxygens (including phenoxy) is 2. The van der Waals surface area contributed by atoms with E-state index in [0.717, 1.165) is 5.56 Å². The molecule has 0 aliphatic carbocycles. The lowest BCUT2D eigenvalue weighted by molar-refractivity contribution is -0.153. The Morgan fingerprint density at radius 3 is 2.04 bits per heavy atom. The van der Waals surface area contributed by atoms with E-state index in [4.69, 9.17) is 15.2 Å². The van der Waals surface area contributed by atoms with Gasteiger partial charge in [-0.05, 0) is 59.1 Å². The molecule has 0 fully saturated rings. The molecule has 0 unspecified atom stereocenters. The highest BCUT2D eigenvalue weighted by Crippen LogP contribution is 2.32. The number of nitrogens with two attached hydrogens (primary N) is 1. The number of hydrogen-bond donors (Lipinski definition) is 1. The average molecular weight is 364 g/mol. The largest absolute Gasteiger partial charge is 0.459 e. The van der Waals surface area contributed by atoms with Gasteiger partial charge in [0.15, 0.2) is 0 Å². The summed E-state index contributed by atoms with van der Waals surface area (Å²) in [5, 5.41) is 0. The monoisotopic (exact) mass is 364 g/mol. The molecule has 0 spiro atoms. The van der Waals surface area contributed by atoms with Gasteiger partial charge in [-0.1, -0.05) is 26.0 Å². The van der Waals surface area contributed by atoms with Crippen molar-refractivity contribution >= 4 is 23.4 Å². The number of benzene rings is 1. The van der Waals surface area contributed by atoms with Crippen molar-refractivity contribution in [1.29, 1.82) is 0 Å². The minimum atomic E-state index is -0.701. The lowest BCUT2D eigenvalue weighted by Crippen LogP contribution is -2.42. The van der Waals surface area contributed by atoms with Crippen molar-refractivity contribution in [2.45, 2.75) is 72.5 Å². The van der Waals surface area contributed by atoms with Gasteiger partial charge in [-0.15, -0.1) is 0 Å². The maximum Gasteiger partial charge on any atom is 0.415 e. The summed E-state index contributed by atoms with van der Waals surface area (Å²) in [6.07, 6.45) is -0.643. The Labute approximate surface area is 156 Å². The zero-order valence-electron chi connectivity index (χ0n) is 17.2. The number of carbonyl (C=O) groups excluding carboxylic acids is 2. The number of rotatable bonds is 4. The Morgan fingerprint density at radius 1 is 1.04 bits per heavy atom. The van der Waals surface area contributed by atoms with Gasteiger partial charge in [-0.25, -0.2) is 4.79 Å². The molecule has 6 heteroatoms. The van der Waals surface area contributed by atoms with Crippen LogP contribution in [0.3, 0.4) is 0 Å². The van der Waals surface area contributed by atoms with E-state index in [-0.39, 0.29) is 12.5 Å². The van der Waals surface area contributed by atoms with Gasteiger partial charge in [0.2, 0.25) is 0 Å². The Bertz CT molecular complexity index is 655. The van der Waals surface area contributed by atoms with Crippen LogP contribution >= 0.6 is 0 Å². The minimum Gasteiger partial charge on any atom is -0.459 e. The molecule has 0 aromatic heterocycles.